The molecule has 0 aromatic heterocycles. The van der Waals surface area contributed by atoms with Crippen LogP contribution in [0.5, 0.6) is 0 Å². The van der Waals surface area contributed by atoms with Crippen LogP contribution in [0, 0.1) is 5.41 Å². The molecule has 0 bridgehead atoms. The quantitative estimate of drug-likeness (QED) is 0.495. The van der Waals surface area contributed by atoms with Crippen LogP contribution in [0.25, 0.3) is 0 Å². The Morgan fingerprint density at radius 3 is 2.27 bits per heavy atom. The van der Waals surface area contributed by atoms with E-state index in [-0.39, 0.29) is 6.61 Å². The maximum Gasteiger partial charge on any atom is 0.311 e. The molecule has 1 rings (SSSR count). The Morgan fingerprint density at radius 1 is 1.40 bits per heavy atom. The largest absolute Gasteiger partial charge is 0.458 e. The fraction of sp³-hybridized carbons (Fsp3) is 0.889. The molecule has 1 heterocycles. The highest BCUT2D eigenvalue weighted by atomic mass is 32.2. The van der Waals surface area contributed by atoms with Crippen LogP contribution in [-0.2, 0) is 23.8 Å². The molecule has 2 atom stereocenters. The number of hydrogen-bond acceptors (Lipinski definition) is 5. The van der Waals surface area contributed by atoms with E-state index in [1.807, 2.05) is 0 Å². The summed E-state index contributed by atoms with van der Waals surface area (Å²) in [5, 5.41) is -0.788. The van der Waals surface area contributed by atoms with Crippen molar-refractivity contribution in [1.82, 2.24) is 0 Å². The Hall–Kier alpha value is -0.620. The first-order valence-electron chi connectivity index (χ1n) is 4.74. The second-order valence-corrected chi connectivity index (χ2v) is 6.64. The summed E-state index contributed by atoms with van der Waals surface area (Å²) in [6.07, 6.45) is -0.693. The Bertz CT molecular complexity index is 351. The minimum atomic E-state index is -3.54. The Morgan fingerprint density at radius 2 is 1.93 bits per heavy atom. The van der Waals surface area contributed by atoms with Crippen LogP contribution in [0.2, 0.25) is 0 Å². The molecule has 2 unspecified atom stereocenters. The van der Waals surface area contributed by atoms with E-state index in [2.05, 4.69) is 4.18 Å². The highest BCUT2D eigenvalue weighted by molar-refractivity contribution is 7.87. The Labute approximate surface area is 89.9 Å². The molecule has 1 saturated heterocycles. The third-order valence-corrected chi connectivity index (χ3v) is 3.93. The highest BCUT2D eigenvalue weighted by Crippen LogP contribution is 2.24. The van der Waals surface area contributed by atoms with Crippen molar-refractivity contribution >= 4 is 16.1 Å². The molecule has 0 spiro atoms. The molecule has 0 amide bonds. The zero-order chi connectivity index (χ0) is 11.9. The summed E-state index contributed by atoms with van der Waals surface area (Å²) in [4.78, 5) is 11.5. The van der Waals surface area contributed by atoms with Gasteiger partial charge in [0.25, 0.3) is 10.1 Å². The Balaban J connectivity index is 2.67. The van der Waals surface area contributed by atoms with Crippen LogP contribution < -0.4 is 0 Å². The minimum Gasteiger partial charge on any atom is -0.458 e. The molecular formula is C9H16O5S. The van der Waals surface area contributed by atoms with E-state index in [0.717, 1.165) is 0 Å². The van der Waals surface area contributed by atoms with Crippen molar-refractivity contribution < 1.29 is 22.1 Å². The van der Waals surface area contributed by atoms with Gasteiger partial charge in [0.1, 0.15) is 18.0 Å². The van der Waals surface area contributed by atoms with Crippen molar-refractivity contribution in [1.29, 1.82) is 0 Å². The number of rotatable bonds is 1. The molecule has 0 radical (unpaired) electrons. The van der Waals surface area contributed by atoms with E-state index >= 15 is 0 Å². The smallest absolute Gasteiger partial charge is 0.311 e. The first-order chi connectivity index (χ1) is 6.64. The second kappa shape index (κ2) is 3.75. The average Bonchev–Trinajstić information content (AvgIpc) is 2.30. The third-order valence-electron chi connectivity index (χ3n) is 2.25. The summed E-state index contributed by atoms with van der Waals surface area (Å²) in [5.74, 6) is -0.417. The van der Waals surface area contributed by atoms with Crippen LogP contribution in [0.3, 0.4) is 0 Å². The predicted molar refractivity (Wildman–Crippen MR) is 53.7 cm³/mol. The van der Waals surface area contributed by atoms with Gasteiger partial charge in [0.15, 0.2) is 0 Å². The molecule has 1 aliphatic rings. The van der Waals surface area contributed by atoms with E-state index < -0.39 is 32.9 Å². The van der Waals surface area contributed by atoms with Crippen LogP contribution in [-0.4, -0.2) is 32.3 Å². The molecule has 15 heavy (non-hydrogen) atoms. The Kier molecular flexibility index (Phi) is 3.11. The summed E-state index contributed by atoms with van der Waals surface area (Å²) >= 11 is 0. The summed E-state index contributed by atoms with van der Waals surface area (Å²) < 4.78 is 32.0. The van der Waals surface area contributed by atoms with Gasteiger partial charge in [-0.25, -0.2) is 0 Å². The molecule has 0 saturated carbocycles. The normalized spacial score (nSPS) is 30.1. The lowest BCUT2D eigenvalue weighted by atomic mass is 9.97. The summed E-state index contributed by atoms with van der Waals surface area (Å²) in [6.45, 7) is 6.53. The van der Waals surface area contributed by atoms with Gasteiger partial charge in [0, 0.05) is 0 Å². The van der Waals surface area contributed by atoms with Gasteiger partial charge < -0.3 is 4.74 Å². The zero-order valence-electron chi connectivity index (χ0n) is 9.31. The van der Waals surface area contributed by atoms with Crippen LogP contribution in [0.15, 0.2) is 0 Å². The standard InChI is InChI=1S/C9H16O5S/c1-6-7(5-13-15(6,11)12)14-8(10)9(2,3)4/h6-7H,5H2,1-4H3. The molecule has 0 N–H and O–H groups in total. The van der Waals surface area contributed by atoms with Crippen molar-refractivity contribution in [3.05, 3.63) is 0 Å². The van der Waals surface area contributed by atoms with E-state index in [1.165, 1.54) is 6.92 Å². The number of esters is 1. The molecule has 0 aliphatic carbocycles. The lowest BCUT2D eigenvalue weighted by Gasteiger charge is -2.20. The van der Waals surface area contributed by atoms with E-state index in [4.69, 9.17) is 4.74 Å². The minimum absolute atomic E-state index is 0.0781. The van der Waals surface area contributed by atoms with Gasteiger partial charge in [0.05, 0.1) is 5.41 Å². The fourth-order valence-electron chi connectivity index (χ4n) is 1.03. The van der Waals surface area contributed by atoms with Crippen molar-refractivity contribution in [2.24, 2.45) is 5.41 Å². The summed E-state index contributed by atoms with van der Waals surface area (Å²) in [7, 11) is -3.54. The van der Waals surface area contributed by atoms with Gasteiger partial charge in [-0.05, 0) is 27.7 Å². The summed E-state index contributed by atoms with van der Waals surface area (Å²) in [5.41, 5.74) is -0.633. The summed E-state index contributed by atoms with van der Waals surface area (Å²) in [6, 6.07) is 0. The molecular weight excluding hydrogens is 220 g/mol. The van der Waals surface area contributed by atoms with Gasteiger partial charge in [-0.2, -0.15) is 8.42 Å². The van der Waals surface area contributed by atoms with E-state index in [9.17, 15) is 13.2 Å². The fourth-order valence-corrected chi connectivity index (χ4v) is 2.08. The molecule has 1 fully saturated rings. The zero-order valence-corrected chi connectivity index (χ0v) is 10.1. The first kappa shape index (κ1) is 12.4. The number of ether oxygens (including phenoxy) is 1. The van der Waals surface area contributed by atoms with Crippen molar-refractivity contribution in [3.8, 4) is 0 Å². The number of carbonyl (C=O) groups excluding carboxylic acids is 1. The second-order valence-electron chi connectivity index (χ2n) is 4.68. The lowest BCUT2D eigenvalue weighted by Crippen LogP contribution is -2.34. The molecule has 6 heteroatoms. The van der Waals surface area contributed by atoms with Gasteiger partial charge in [-0.1, -0.05) is 0 Å². The first-order valence-corrected chi connectivity index (χ1v) is 6.21. The van der Waals surface area contributed by atoms with Gasteiger partial charge in [-0.15, -0.1) is 0 Å². The van der Waals surface area contributed by atoms with E-state index in [1.54, 1.807) is 20.8 Å². The van der Waals surface area contributed by atoms with Crippen molar-refractivity contribution in [2.45, 2.75) is 39.0 Å². The molecule has 1 aliphatic heterocycles. The predicted octanol–water partition coefficient (Wildman–Crippen LogP) is 0.693. The SMILES string of the molecule is CC1C(OC(=O)C(C)(C)C)COS1(=O)=O. The molecule has 5 nitrogen and oxygen atoms in total. The molecule has 88 valence electrons. The van der Waals surface area contributed by atoms with Crippen LogP contribution in [0.1, 0.15) is 27.7 Å². The lowest BCUT2D eigenvalue weighted by molar-refractivity contribution is -0.158. The number of carbonyl (C=O) groups is 1. The monoisotopic (exact) mass is 236 g/mol. The van der Waals surface area contributed by atoms with Crippen LogP contribution in [0.4, 0.5) is 0 Å². The van der Waals surface area contributed by atoms with E-state index in [0.29, 0.717) is 0 Å². The third kappa shape index (κ3) is 2.69. The maximum atomic E-state index is 11.5. The average molecular weight is 236 g/mol. The van der Waals surface area contributed by atoms with Gasteiger partial charge in [-0.3, -0.25) is 8.98 Å². The highest BCUT2D eigenvalue weighted by Gasteiger charge is 2.42. The number of hydrogen-bond donors (Lipinski definition) is 0. The van der Waals surface area contributed by atoms with Gasteiger partial charge >= 0.3 is 5.97 Å². The van der Waals surface area contributed by atoms with Crippen LogP contribution >= 0.6 is 0 Å². The van der Waals surface area contributed by atoms with Crippen molar-refractivity contribution in [2.75, 3.05) is 6.61 Å². The van der Waals surface area contributed by atoms with Crippen molar-refractivity contribution in [3.63, 3.8) is 0 Å². The van der Waals surface area contributed by atoms with Gasteiger partial charge in [0.2, 0.25) is 0 Å². The molecule has 0 aromatic carbocycles. The molecule has 0 aromatic rings. The maximum absolute atomic E-state index is 11.5. The topological polar surface area (TPSA) is 69.7 Å².